The lowest BCUT2D eigenvalue weighted by atomic mass is 10.2. The number of rotatable bonds is 3. The first kappa shape index (κ1) is 13.1. The molecule has 2 aromatic rings. The topological polar surface area (TPSA) is 66.3 Å². The summed E-state index contributed by atoms with van der Waals surface area (Å²) in [6, 6.07) is 3.88. The quantitative estimate of drug-likeness (QED) is 0.940. The van der Waals surface area contributed by atoms with Crippen molar-refractivity contribution < 1.29 is 9.90 Å². The Hall–Kier alpha value is -1.86. The number of thiophene rings is 1. The van der Waals surface area contributed by atoms with Crippen molar-refractivity contribution in [3.63, 3.8) is 0 Å². The lowest BCUT2D eigenvalue weighted by molar-refractivity contribution is -0.131. The van der Waals surface area contributed by atoms with Gasteiger partial charge in [-0.1, -0.05) is 0 Å². The van der Waals surface area contributed by atoms with E-state index < -0.39 is 5.97 Å². The second-order valence-electron chi connectivity index (χ2n) is 4.11. The first-order valence-electron chi connectivity index (χ1n) is 5.93. The molecule has 7 heteroatoms. The molecule has 0 aliphatic carbocycles. The number of carboxylic acid groups (broad SMARTS) is 1. The van der Waals surface area contributed by atoms with E-state index in [0.717, 1.165) is 29.4 Å². The molecule has 1 N–H and O–H groups in total. The molecule has 0 saturated heterocycles. The van der Waals surface area contributed by atoms with Gasteiger partial charge in [0.25, 0.3) is 0 Å². The Balaban J connectivity index is 1.93. The van der Waals surface area contributed by atoms with Crippen LogP contribution in [0.1, 0.15) is 0 Å². The van der Waals surface area contributed by atoms with Crippen LogP contribution in [0.3, 0.4) is 0 Å². The van der Waals surface area contributed by atoms with Crippen LogP contribution < -0.4 is 4.90 Å². The summed E-state index contributed by atoms with van der Waals surface area (Å²) >= 11 is 2.96. The summed E-state index contributed by atoms with van der Waals surface area (Å²) in [4.78, 5) is 21.7. The van der Waals surface area contributed by atoms with Gasteiger partial charge in [0.05, 0.1) is 5.69 Å². The fourth-order valence-corrected chi connectivity index (χ4v) is 3.35. The molecule has 0 fully saturated rings. The molecular weight excluding hydrogens is 294 g/mol. The Morgan fingerprint density at radius 2 is 2.30 bits per heavy atom. The molecule has 20 heavy (non-hydrogen) atoms. The van der Waals surface area contributed by atoms with Gasteiger partial charge in [-0.25, -0.2) is 14.8 Å². The van der Waals surface area contributed by atoms with E-state index in [1.165, 1.54) is 18.1 Å². The second kappa shape index (κ2) is 5.64. The highest BCUT2D eigenvalue weighted by Gasteiger charge is 2.18. The molecule has 1 aliphatic heterocycles. The normalized spacial score (nSPS) is 15.0. The summed E-state index contributed by atoms with van der Waals surface area (Å²) in [5.74, 6) is 0.558. The smallest absolute Gasteiger partial charge is 0.343 e. The molecule has 0 radical (unpaired) electrons. The lowest BCUT2D eigenvalue weighted by Crippen LogP contribution is -2.25. The number of anilines is 1. The number of nitrogens with zero attached hydrogens (tertiary/aromatic N) is 3. The molecule has 3 rings (SSSR count). The summed E-state index contributed by atoms with van der Waals surface area (Å²) in [5.41, 5.74) is 1.90. The minimum Gasteiger partial charge on any atom is -0.477 e. The second-order valence-corrected chi connectivity index (χ2v) is 6.03. The Labute approximate surface area is 124 Å². The van der Waals surface area contributed by atoms with Gasteiger partial charge in [0.2, 0.25) is 0 Å². The minimum absolute atomic E-state index is 0.340. The summed E-state index contributed by atoms with van der Waals surface area (Å²) in [6.07, 6.45) is 3.15. The zero-order valence-corrected chi connectivity index (χ0v) is 12.0. The van der Waals surface area contributed by atoms with Crippen LogP contribution in [0.15, 0.2) is 40.3 Å². The largest absolute Gasteiger partial charge is 0.477 e. The molecule has 102 valence electrons. The number of carboxylic acids is 1. The summed E-state index contributed by atoms with van der Waals surface area (Å²) in [5, 5.41) is 13.1. The zero-order chi connectivity index (χ0) is 13.9. The summed E-state index contributed by atoms with van der Waals surface area (Å²) < 4.78 is 0. The van der Waals surface area contributed by atoms with Gasteiger partial charge < -0.3 is 10.0 Å². The van der Waals surface area contributed by atoms with E-state index in [0.29, 0.717) is 4.91 Å². The monoisotopic (exact) mass is 305 g/mol. The first-order valence-corrected chi connectivity index (χ1v) is 7.86. The molecule has 2 aromatic heterocycles. The number of hydrogen-bond donors (Lipinski definition) is 1. The van der Waals surface area contributed by atoms with E-state index in [4.69, 9.17) is 5.11 Å². The average Bonchev–Trinajstić information content (AvgIpc) is 3.02. The maximum absolute atomic E-state index is 11.0. The summed E-state index contributed by atoms with van der Waals surface area (Å²) in [7, 11) is 0. The fraction of sp³-hybridized carbons (Fsp3) is 0.154. The van der Waals surface area contributed by atoms with Gasteiger partial charge in [-0.3, -0.25) is 0 Å². The van der Waals surface area contributed by atoms with Crippen molar-refractivity contribution in [3.05, 3.63) is 40.3 Å². The van der Waals surface area contributed by atoms with Crippen LogP contribution in [-0.4, -0.2) is 33.3 Å². The van der Waals surface area contributed by atoms with Crippen LogP contribution in [0.2, 0.25) is 0 Å². The van der Waals surface area contributed by atoms with Gasteiger partial charge in [-0.15, -0.1) is 11.8 Å². The molecule has 3 heterocycles. The van der Waals surface area contributed by atoms with E-state index in [1.54, 1.807) is 17.5 Å². The predicted molar refractivity (Wildman–Crippen MR) is 80.9 cm³/mol. The van der Waals surface area contributed by atoms with Crippen molar-refractivity contribution in [2.45, 2.75) is 0 Å². The van der Waals surface area contributed by atoms with Crippen molar-refractivity contribution in [3.8, 4) is 11.3 Å². The number of aromatic nitrogens is 2. The number of aliphatic carboxylic acids is 1. The van der Waals surface area contributed by atoms with Crippen molar-refractivity contribution in [1.82, 2.24) is 9.97 Å². The van der Waals surface area contributed by atoms with Gasteiger partial charge in [-0.05, 0) is 11.4 Å². The van der Waals surface area contributed by atoms with E-state index in [1.807, 2.05) is 27.8 Å². The van der Waals surface area contributed by atoms with Crippen molar-refractivity contribution in [2.24, 2.45) is 0 Å². The number of carbonyl (C=O) groups is 1. The molecule has 0 saturated carbocycles. The predicted octanol–water partition coefficient (Wildman–Crippen LogP) is 2.68. The van der Waals surface area contributed by atoms with Crippen molar-refractivity contribution in [1.29, 1.82) is 0 Å². The molecule has 0 bridgehead atoms. The SMILES string of the molecule is O=C(O)C1=CN(c2cc(-c3ccsc3)ncn2)CCS1. The van der Waals surface area contributed by atoms with Gasteiger partial charge in [0.1, 0.15) is 17.1 Å². The highest BCUT2D eigenvalue weighted by molar-refractivity contribution is 8.04. The number of hydrogen-bond acceptors (Lipinski definition) is 6. The highest BCUT2D eigenvalue weighted by Crippen LogP contribution is 2.27. The molecule has 0 spiro atoms. The van der Waals surface area contributed by atoms with E-state index >= 15 is 0 Å². The van der Waals surface area contributed by atoms with E-state index in [2.05, 4.69) is 9.97 Å². The minimum atomic E-state index is -0.896. The zero-order valence-electron chi connectivity index (χ0n) is 10.4. The number of thioether (sulfide) groups is 1. The molecule has 0 unspecified atom stereocenters. The van der Waals surface area contributed by atoms with Gasteiger partial charge in [-0.2, -0.15) is 11.3 Å². The Morgan fingerprint density at radius 1 is 1.40 bits per heavy atom. The molecule has 1 aliphatic rings. The molecule has 0 aromatic carbocycles. The molecule has 0 atom stereocenters. The van der Waals surface area contributed by atoms with Crippen molar-refractivity contribution >= 4 is 34.9 Å². The molecule has 5 nitrogen and oxygen atoms in total. The molecular formula is C13H11N3O2S2. The van der Waals surface area contributed by atoms with Crippen LogP contribution in [0.4, 0.5) is 5.82 Å². The van der Waals surface area contributed by atoms with Crippen LogP contribution in [0.25, 0.3) is 11.3 Å². The van der Waals surface area contributed by atoms with Crippen molar-refractivity contribution in [2.75, 3.05) is 17.2 Å². The maximum atomic E-state index is 11.0. The van der Waals surface area contributed by atoms with Crippen LogP contribution in [-0.2, 0) is 4.79 Å². The third-order valence-corrected chi connectivity index (χ3v) is 4.50. The van der Waals surface area contributed by atoms with Crippen LogP contribution in [0, 0.1) is 0 Å². The van der Waals surface area contributed by atoms with Gasteiger partial charge in [0, 0.05) is 35.5 Å². The first-order chi connectivity index (χ1) is 9.74. The van der Waals surface area contributed by atoms with E-state index in [-0.39, 0.29) is 0 Å². The third kappa shape index (κ3) is 2.68. The van der Waals surface area contributed by atoms with E-state index in [9.17, 15) is 4.79 Å². The third-order valence-electron chi connectivity index (χ3n) is 2.84. The lowest BCUT2D eigenvalue weighted by Gasteiger charge is -2.24. The highest BCUT2D eigenvalue weighted by atomic mass is 32.2. The fourth-order valence-electron chi connectivity index (χ4n) is 1.87. The van der Waals surface area contributed by atoms with Gasteiger partial charge in [0.15, 0.2) is 0 Å². The average molecular weight is 305 g/mol. The maximum Gasteiger partial charge on any atom is 0.343 e. The van der Waals surface area contributed by atoms with Gasteiger partial charge >= 0.3 is 5.97 Å². The Bertz CT molecular complexity index is 655. The Morgan fingerprint density at radius 3 is 3.05 bits per heavy atom. The van der Waals surface area contributed by atoms with Crippen LogP contribution in [0.5, 0.6) is 0 Å². The molecule has 0 amide bonds. The standard InChI is InChI=1S/C13H11N3O2S2/c17-13(18)11-6-16(2-4-20-11)12-5-10(14-8-15-12)9-1-3-19-7-9/h1,3,5-8H,2,4H2,(H,17,18). The Kier molecular flexibility index (Phi) is 3.70. The van der Waals surface area contributed by atoms with Crippen LogP contribution >= 0.6 is 23.1 Å². The summed E-state index contributed by atoms with van der Waals surface area (Å²) in [6.45, 7) is 0.738.